The van der Waals surface area contributed by atoms with Gasteiger partial charge >= 0.3 is 11.9 Å². The van der Waals surface area contributed by atoms with Gasteiger partial charge in [-0.05, 0) is 30.5 Å². The first-order chi connectivity index (χ1) is 10.9. The number of nitrogens with zero attached hydrogens (tertiary/aromatic N) is 1. The summed E-state index contributed by atoms with van der Waals surface area (Å²) >= 11 is 5.85. The van der Waals surface area contributed by atoms with E-state index in [0.717, 1.165) is 7.11 Å². The molecule has 0 heterocycles. The summed E-state index contributed by atoms with van der Waals surface area (Å²) in [6.07, 6.45) is -1.12. The van der Waals surface area contributed by atoms with Crippen LogP contribution in [-0.4, -0.2) is 35.4 Å². The van der Waals surface area contributed by atoms with Crippen molar-refractivity contribution in [1.29, 1.82) is 5.26 Å². The number of aliphatic carboxylic acids is 1. The number of halogens is 1. The average molecular weight is 338 g/mol. The minimum Gasteiger partial charge on any atom is -0.481 e. The highest BCUT2D eigenvalue weighted by Crippen LogP contribution is 2.51. The second kappa shape index (κ2) is 6.57. The lowest BCUT2D eigenvalue weighted by Crippen LogP contribution is -2.53. The van der Waals surface area contributed by atoms with E-state index in [4.69, 9.17) is 16.3 Å². The van der Waals surface area contributed by atoms with Crippen LogP contribution in [0.3, 0.4) is 0 Å². The number of carbonyl (C=O) groups excluding carboxylic acids is 1. The van der Waals surface area contributed by atoms with Crippen LogP contribution in [0.25, 0.3) is 0 Å². The number of carboxylic acid groups (broad SMARTS) is 1. The van der Waals surface area contributed by atoms with Crippen LogP contribution in [0.1, 0.15) is 24.3 Å². The van der Waals surface area contributed by atoms with Gasteiger partial charge in [0, 0.05) is 10.9 Å². The fourth-order valence-corrected chi connectivity index (χ4v) is 3.44. The van der Waals surface area contributed by atoms with Gasteiger partial charge in [0.2, 0.25) is 0 Å². The summed E-state index contributed by atoms with van der Waals surface area (Å²) in [5, 5.41) is 30.0. The molecule has 1 fully saturated rings. The van der Waals surface area contributed by atoms with Gasteiger partial charge in [-0.1, -0.05) is 23.7 Å². The number of hydrogen-bond donors (Lipinski definition) is 2. The Bertz CT molecular complexity index is 653. The number of hydrogen-bond acceptors (Lipinski definition) is 5. The second-order valence-corrected chi connectivity index (χ2v) is 5.98. The molecule has 4 atom stereocenters. The predicted molar refractivity (Wildman–Crippen MR) is 80.6 cm³/mol. The molecular formula is C16H16ClNO5. The van der Waals surface area contributed by atoms with Crippen LogP contribution in [0.2, 0.25) is 5.02 Å². The Labute approximate surface area is 138 Å². The molecule has 1 aromatic rings. The largest absolute Gasteiger partial charge is 0.481 e. The molecule has 1 aromatic carbocycles. The SMILES string of the molecule is COC(=O)[C@@]1(C#N)[C@H](O)CC[C@@H](C(=O)O)[C@@H]1c1ccc(Cl)cc1. The van der Waals surface area contributed by atoms with Crippen molar-refractivity contribution in [3.63, 3.8) is 0 Å². The zero-order valence-electron chi connectivity index (χ0n) is 12.4. The molecule has 0 radical (unpaired) electrons. The number of carbonyl (C=O) groups is 2. The molecule has 0 aliphatic heterocycles. The summed E-state index contributed by atoms with van der Waals surface area (Å²) in [5.41, 5.74) is -1.52. The van der Waals surface area contributed by atoms with Gasteiger partial charge in [0.25, 0.3) is 0 Å². The van der Waals surface area contributed by atoms with Crippen molar-refractivity contribution in [1.82, 2.24) is 0 Å². The van der Waals surface area contributed by atoms with Crippen LogP contribution in [0, 0.1) is 22.7 Å². The van der Waals surface area contributed by atoms with E-state index in [9.17, 15) is 25.1 Å². The molecule has 0 aromatic heterocycles. The zero-order valence-corrected chi connectivity index (χ0v) is 13.2. The fraction of sp³-hybridized carbons (Fsp3) is 0.438. The summed E-state index contributed by atoms with van der Waals surface area (Å²) in [5.74, 6) is -4.07. The van der Waals surface area contributed by atoms with Gasteiger partial charge in [-0.2, -0.15) is 5.26 Å². The number of aliphatic hydroxyl groups excluding tert-OH is 1. The van der Waals surface area contributed by atoms with Crippen molar-refractivity contribution in [3.8, 4) is 6.07 Å². The molecule has 1 saturated carbocycles. The highest BCUT2D eigenvalue weighted by Gasteiger charge is 2.60. The molecule has 1 aliphatic rings. The van der Waals surface area contributed by atoms with E-state index >= 15 is 0 Å². The Morgan fingerprint density at radius 3 is 2.43 bits per heavy atom. The number of aliphatic hydroxyl groups is 1. The minimum absolute atomic E-state index is 0.0315. The Balaban J connectivity index is 2.67. The minimum atomic E-state index is -1.97. The molecule has 0 spiro atoms. The van der Waals surface area contributed by atoms with E-state index in [0.29, 0.717) is 10.6 Å². The van der Waals surface area contributed by atoms with Crippen molar-refractivity contribution in [2.24, 2.45) is 11.3 Å². The molecule has 0 amide bonds. The van der Waals surface area contributed by atoms with Crippen molar-refractivity contribution in [2.45, 2.75) is 24.9 Å². The van der Waals surface area contributed by atoms with E-state index in [1.165, 1.54) is 0 Å². The highest BCUT2D eigenvalue weighted by molar-refractivity contribution is 6.30. The van der Waals surface area contributed by atoms with Gasteiger partial charge in [-0.3, -0.25) is 9.59 Å². The van der Waals surface area contributed by atoms with Gasteiger partial charge in [-0.15, -0.1) is 0 Å². The summed E-state index contributed by atoms with van der Waals surface area (Å²) in [6, 6.07) is 8.08. The van der Waals surface area contributed by atoms with Crippen molar-refractivity contribution < 1.29 is 24.5 Å². The number of carboxylic acids is 1. The first-order valence-electron chi connectivity index (χ1n) is 7.04. The van der Waals surface area contributed by atoms with E-state index in [2.05, 4.69) is 0 Å². The number of methoxy groups -OCH3 is 1. The molecular weight excluding hydrogens is 322 g/mol. The molecule has 122 valence electrons. The van der Waals surface area contributed by atoms with Gasteiger partial charge in [0.05, 0.1) is 25.2 Å². The third-order valence-corrected chi connectivity index (χ3v) is 4.68. The van der Waals surface area contributed by atoms with E-state index in [1.807, 2.05) is 6.07 Å². The molecule has 1 aliphatic carbocycles. The fourth-order valence-electron chi connectivity index (χ4n) is 3.31. The third-order valence-electron chi connectivity index (χ3n) is 4.42. The number of rotatable bonds is 3. The van der Waals surface area contributed by atoms with Crippen molar-refractivity contribution in [3.05, 3.63) is 34.9 Å². The molecule has 2 N–H and O–H groups in total. The summed E-state index contributed by atoms with van der Waals surface area (Å²) in [6.45, 7) is 0. The van der Waals surface area contributed by atoms with Crippen LogP contribution in [0.15, 0.2) is 24.3 Å². The quantitative estimate of drug-likeness (QED) is 0.816. The maximum Gasteiger partial charge on any atom is 0.329 e. The van der Waals surface area contributed by atoms with E-state index in [1.54, 1.807) is 24.3 Å². The molecule has 2 rings (SSSR count). The van der Waals surface area contributed by atoms with Crippen molar-refractivity contribution >= 4 is 23.5 Å². The third kappa shape index (κ3) is 2.78. The molecule has 0 saturated heterocycles. The second-order valence-electron chi connectivity index (χ2n) is 5.54. The highest BCUT2D eigenvalue weighted by atomic mass is 35.5. The Hall–Kier alpha value is -2.10. The summed E-state index contributed by atoms with van der Waals surface area (Å²) in [4.78, 5) is 24.0. The van der Waals surface area contributed by atoms with Crippen LogP contribution in [0.4, 0.5) is 0 Å². The van der Waals surface area contributed by atoms with E-state index < -0.39 is 35.3 Å². The van der Waals surface area contributed by atoms with Gasteiger partial charge < -0.3 is 14.9 Å². The molecule has 0 unspecified atom stereocenters. The average Bonchev–Trinajstić information content (AvgIpc) is 2.54. The smallest absolute Gasteiger partial charge is 0.329 e. The maximum absolute atomic E-state index is 12.3. The lowest BCUT2D eigenvalue weighted by atomic mass is 9.58. The maximum atomic E-state index is 12.3. The summed E-state index contributed by atoms with van der Waals surface area (Å²) in [7, 11) is 1.11. The molecule has 0 bridgehead atoms. The Morgan fingerprint density at radius 1 is 1.35 bits per heavy atom. The molecule has 6 nitrogen and oxygen atoms in total. The van der Waals surface area contributed by atoms with Crippen LogP contribution in [-0.2, 0) is 14.3 Å². The van der Waals surface area contributed by atoms with Gasteiger partial charge in [-0.25, -0.2) is 0 Å². The van der Waals surface area contributed by atoms with Crippen LogP contribution < -0.4 is 0 Å². The van der Waals surface area contributed by atoms with Crippen LogP contribution >= 0.6 is 11.6 Å². The number of benzene rings is 1. The van der Waals surface area contributed by atoms with Gasteiger partial charge in [0.1, 0.15) is 0 Å². The first kappa shape index (κ1) is 17.3. The topological polar surface area (TPSA) is 108 Å². The zero-order chi connectivity index (χ0) is 17.2. The monoisotopic (exact) mass is 337 g/mol. The van der Waals surface area contributed by atoms with Crippen LogP contribution in [0.5, 0.6) is 0 Å². The van der Waals surface area contributed by atoms with Gasteiger partial charge in [0.15, 0.2) is 5.41 Å². The Morgan fingerprint density at radius 2 is 1.96 bits per heavy atom. The molecule has 7 heteroatoms. The van der Waals surface area contributed by atoms with Crippen molar-refractivity contribution in [2.75, 3.05) is 7.11 Å². The van der Waals surface area contributed by atoms with E-state index in [-0.39, 0.29) is 12.8 Å². The Kier molecular flexibility index (Phi) is 4.93. The summed E-state index contributed by atoms with van der Waals surface area (Å²) < 4.78 is 4.72. The number of ether oxygens (including phenoxy) is 1. The predicted octanol–water partition coefficient (Wildman–Crippen LogP) is 1.96. The lowest BCUT2D eigenvalue weighted by Gasteiger charge is -2.43. The number of nitriles is 1. The first-order valence-corrected chi connectivity index (χ1v) is 7.42. The lowest BCUT2D eigenvalue weighted by molar-refractivity contribution is -0.165. The normalized spacial score (nSPS) is 30.3. The molecule has 23 heavy (non-hydrogen) atoms. The number of esters is 1. The standard InChI is InChI=1S/C16H16ClNO5/c1-23-15(22)16(8-18)12(19)7-6-11(14(20)21)13(16)9-2-4-10(17)5-3-9/h2-5,11-13,19H,6-7H2,1H3,(H,20,21)/t11-,12-,13+,16+/m1/s1.